The van der Waals surface area contributed by atoms with E-state index in [1.807, 2.05) is 35.2 Å². The SMILES string of the molecule is COc1ccc(Nc2nc(N)c([N+](=O)[O-])c(N3CCN(Cc4ccccc4)CC3)n2)cc1. The van der Waals surface area contributed by atoms with Gasteiger partial charge >= 0.3 is 5.69 Å². The Hall–Kier alpha value is -3.92. The van der Waals surface area contributed by atoms with Gasteiger partial charge in [-0.2, -0.15) is 9.97 Å². The molecule has 0 amide bonds. The zero-order valence-electron chi connectivity index (χ0n) is 17.8. The molecule has 0 radical (unpaired) electrons. The van der Waals surface area contributed by atoms with Crippen LogP contribution in [0.1, 0.15) is 5.56 Å². The first-order chi connectivity index (χ1) is 15.5. The van der Waals surface area contributed by atoms with Crippen LogP contribution < -0.4 is 20.7 Å². The van der Waals surface area contributed by atoms with Crippen molar-refractivity contribution < 1.29 is 9.66 Å². The standard InChI is InChI=1S/C22H25N7O3/c1-32-18-9-7-17(8-10-18)24-22-25-20(23)19(29(30)31)21(26-22)28-13-11-27(12-14-28)15-16-5-3-2-4-6-16/h2-10H,11-15H2,1H3,(H3,23,24,25,26). The van der Waals surface area contributed by atoms with E-state index in [1.165, 1.54) is 5.56 Å². The Kier molecular flexibility index (Phi) is 6.31. The molecule has 1 aromatic heterocycles. The molecule has 0 atom stereocenters. The lowest BCUT2D eigenvalue weighted by Gasteiger charge is -2.35. The van der Waals surface area contributed by atoms with Crippen molar-refractivity contribution in [3.63, 3.8) is 0 Å². The predicted octanol–water partition coefficient (Wildman–Crippen LogP) is 3.04. The van der Waals surface area contributed by atoms with Crippen LogP contribution in [-0.2, 0) is 6.54 Å². The molecule has 0 bridgehead atoms. The van der Waals surface area contributed by atoms with Gasteiger partial charge in [-0.25, -0.2) is 0 Å². The van der Waals surface area contributed by atoms with Crippen molar-refractivity contribution in [3.05, 3.63) is 70.3 Å². The fraction of sp³-hybridized carbons (Fsp3) is 0.273. The maximum Gasteiger partial charge on any atom is 0.353 e. The smallest absolute Gasteiger partial charge is 0.353 e. The third-order valence-corrected chi connectivity index (χ3v) is 5.34. The molecular weight excluding hydrogens is 410 g/mol. The molecule has 3 aromatic rings. The lowest BCUT2D eigenvalue weighted by Crippen LogP contribution is -2.46. The van der Waals surface area contributed by atoms with Crippen molar-refractivity contribution in [2.24, 2.45) is 0 Å². The molecule has 1 fully saturated rings. The van der Waals surface area contributed by atoms with Crippen LogP contribution in [0, 0.1) is 10.1 Å². The van der Waals surface area contributed by atoms with E-state index in [0.29, 0.717) is 18.8 Å². The first kappa shape index (κ1) is 21.3. The molecule has 0 saturated carbocycles. The number of benzene rings is 2. The van der Waals surface area contributed by atoms with E-state index >= 15 is 0 Å². The van der Waals surface area contributed by atoms with Crippen molar-refractivity contribution in [3.8, 4) is 5.75 Å². The molecule has 0 spiro atoms. The van der Waals surface area contributed by atoms with Crippen molar-refractivity contribution in [1.82, 2.24) is 14.9 Å². The van der Waals surface area contributed by atoms with Crippen molar-refractivity contribution in [1.29, 1.82) is 0 Å². The lowest BCUT2D eigenvalue weighted by molar-refractivity contribution is -0.383. The topological polar surface area (TPSA) is 123 Å². The molecule has 0 unspecified atom stereocenters. The Labute approximate surface area is 185 Å². The van der Waals surface area contributed by atoms with Gasteiger partial charge in [0.2, 0.25) is 17.6 Å². The van der Waals surface area contributed by atoms with E-state index < -0.39 is 4.92 Å². The maximum absolute atomic E-state index is 11.7. The van der Waals surface area contributed by atoms with Crippen LogP contribution >= 0.6 is 0 Å². The minimum atomic E-state index is -0.516. The molecule has 10 nitrogen and oxygen atoms in total. The molecule has 2 heterocycles. The highest BCUT2D eigenvalue weighted by Crippen LogP contribution is 2.33. The Morgan fingerprint density at radius 1 is 1.06 bits per heavy atom. The summed E-state index contributed by atoms with van der Waals surface area (Å²) in [6, 6.07) is 17.4. The lowest BCUT2D eigenvalue weighted by atomic mass is 10.2. The number of aromatic nitrogens is 2. The molecule has 10 heteroatoms. The number of nitrogens with two attached hydrogens (primary N) is 1. The summed E-state index contributed by atoms with van der Waals surface area (Å²) >= 11 is 0. The van der Waals surface area contributed by atoms with Gasteiger partial charge in [0.1, 0.15) is 5.75 Å². The van der Waals surface area contributed by atoms with Gasteiger partial charge in [-0.15, -0.1) is 0 Å². The number of nitrogens with one attached hydrogen (secondary N) is 1. The normalized spacial score (nSPS) is 14.2. The Morgan fingerprint density at radius 3 is 2.38 bits per heavy atom. The van der Waals surface area contributed by atoms with E-state index in [1.54, 1.807) is 19.2 Å². The summed E-state index contributed by atoms with van der Waals surface area (Å²) in [6.45, 7) is 3.57. The van der Waals surface area contributed by atoms with Gasteiger partial charge in [0.25, 0.3) is 0 Å². The first-order valence-corrected chi connectivity index (χ1v) is 10.3. The highest BCUT2D eigenvalue weighted by molar-refractivity contribution is 5.72. The van der Waals surface area contributed by atoms with Gasteiger partial charge in [-0.05, 0) is 29.8 Å². The molecule has 166 valence electrons. The minimum Gasteiger partial charge on any atom is -0.497 e. The quantitative estimate of drug-likeness (QED) is 0.426. The molecule has 3 N–H and O–H groups in total. The van der Waals surface area contributed by atoms with E-state index in [4.69, 9.17) is 10.5 Å². The van der Waals surface area contributed by atoms with Crippen LogP contribution in [0.2, 0.25) is 0 Å². The summed E-state index contributed by atoms with van der Waals surface area (Å²) in [5, 5.41) is 14.8. The van der Waals surface area contributed by atoms with Crippen molar-refractivity contribution >= 4 is 29.0 Å². The summed E-state index contributed by atoms with van der Waals surface area (Å²) in [5.74, 6) is 0.995. The zero-order valence-corrected chi connectivity index (χ0v) is 17.8. The van der Waals surface area contributed by atoms with E-state index in [-0.39, 0.29) is 23.3 Å². The molecule has 2 aromatic carbocycles. The number of nitrogen functional groups attached to an aromatic ring is 1. The van der Waals surface area contributed by atoms with E-state index in [0.717, 1.165) is 25.3 Å². The molecule has 32 heavy (non-hydrogen) atoms. The molecule has 1 saturated heterocycles. The van der Waals surface area contributed by atoms with Crippen molar-refractivity contribution in [2.75, 3.05) is 49.2 Å². The zero-order chi connectivity index (χ0) is 22.5. The monoisotopic (exact) mass is 435 g/mol. The molecule has 1 aliphatic rings. The number of ether oxygens (including phenoxy) is 1. The van der Waals surface area contributed by atoms with Gasteiger partial charge in [0.15, 0.2) is 0 Å². The van der Waals surface area contributed by atoms with Gasteiger partial charge in [-0.1, -0.05) is 30.3 Å². The third kappa shape index (κ3) is 4.86. The number of rotatable bonds is 7. The van der Waals surface area contributed by atoms with Crippen LogP contribution in [0.3, 0.4) is 0 Å². The number of anilines is 4. The van der Waals surface area contributed by atoms with Gasteiger partial charge in [-0.3, -0.25) is 15.0 Å². The second-order valence-corrected chi connectivity index (χ2v) is 7.46. The Balaban J connectivity index is 1.52. The predicted molar refractivity (Wildman–Crippen MR) is 123 cm³/mol. The second-order valence-electron chi connectivity index (χ2n) is 7.46. The summed E-state index contributed by atoms with van der Waals surface area (Å²) < 4.78 is 5.16. The molecule has 1 aliphatic heterocycles. The van der Waals surface area contributed by atoms with E-state index in [9.17, 15) is 10.1 Å². The van der Waals surface area contributed by atoms with Crippen LogP contribution in [0.25, 0.3) is 0 Å². The summed E-state index contributed by atoms with van der Waals surface area (Å²) in [6.07, 6.45) is 0. The van der Waals surface area contributed by atoms with Crippen LogP contribution in [0.5, 0.6) is 5.75 Å². The number of hydrogen-bond acceptors (Lipinski definition) is 9. The number of methoxy groups -OCH3 is 1. The average Bonchev–Trinajstić information content (AvgIpc) is 2.80. The van der Waals surface area contributed by atoms with Gasteiger partial charge in [0, 0.05) is 38.4 Å². The largest absolute Gasteiger partial charge is 0.497 e. The Morgan fingerprint density at radius 2 is 1.75 bits per heavy atom. The molecular formula is C22H25N7O3. The number of piperazine rings is 1. The maximum atomic E-state index is 11.7. The van der Waals surface area contributed by atoms with Gasteiger partial charge < -0.3 is 20.7 Å². The summed E-state index contributed by atoms with van der Waals surface area (Å²) in [7, 11) is 1.59. The van der Waals surface area contributed by atoms with Gasteiger partial charge in [0.05, 0.1) is 12.0 Å². The Bertz CT molecular complexity index is 1070. The van der Waals surface area contributed by atoms with Crippen LogP contribution in [-0.4, -0.2) is 53.1 Å². The molecule has 0 aliphatic carbocycles. The fourth-order valence-electron chi connectivity index (χ4n) is 3.67. The third-order valence-electron chi connectivity index (χ3n) is 5.34. The average molecular weight is 435 g/mol. The summed E-state index contributed by atoms with van der Waals surface area (Å²) in [4.78, 5) is 24.0. The molecule has 4 rings (SSSR count). The number of nitrogens with zero attached hydrogens (tertiary/aromatic N) is 5. The fourth-order valence-corrected chi connectivity index (χ4v) is 3.67. The summed E-state index contributed by atoms with van der Waals surface area (Å²) in [5.41, 5.74) is 7.67. The van der Waals surface area contributed by atoms with Crippen LogP contribution in [0.4, 0.5) is 29.0 Å². The first-order valence-electron chi connectivity index (χ1n) is 10.3. The highest BCUT2D eigenvalue weighted by Gasteiger charge is 2.29. The highest BCUT2D eigenvalue weighted by atomic mass is 16.6. The van der Waals surface area contributed by atoms with Crippen molar-refractivity contribution in [2.45, 2.75) is 6.54 Å². The van der Waals surface area contributed by atoms with Crippen LogP contribution in [0.15, 0.2) is 54.6 Å². The number of hydrogen-bond donors (Lipinski definition) is 2. The second kappa shape index (κ2) is 9.48. The number of nitro groups is 1. The minimum absolute atomic E-state index is 0.164. The van der Waals surface area contributed by atoms with E-state index in [2.05, 4.69) is 32.3 Å².